The predicted octanol–water partition coefficient (Wildman–Crippen LogP) is 5.19. The van der Waals surface area contributed by atoms with E-state index in [1.165, 1.54) is 29.0 Å². The predicted molar refractivity (Wildman–Crippen MR) is 130 cm³/mol. The fourth-order valence-corrected chi connectivity index (χ4v) is 4.11. The largest absolute Gasteiger partial charge is 0.433 e. The Balaban J connectivity index is 1.46. The number of nitrogens with zero attached hydrogens (tertiary/aromatic N) is 3. The van der Waals surface area contributed by atoms with Crippen LogP contribution < -0.4 is 21.2 Å². The van der Waals surface area contributed by atoms with Crippen LogP contribution in [0.2, 0.25) is 0 Å². The van der Waals surface area contributed by atoms with Crippen molar-refractivity contribution in [2.75, 3.05) is 5.32 Å². The lowest BCUT2D eigenvalue weighted by molar-refractivity contribution is -0.138. The van der Waals surface area contributed by atoms with Crippen molar-refractivity contribution in [1.29, 1.82) is 0 Å². The number of hydrogen-bond donors (Lipinski definition) is 2. The average Bonchev–Trinajstić information content (AvgIpc) is 2.84. The number of aryl methyl sites for hydroxylation is 1. The third-order valence-corrected chi connectivity index (χ3v) is 5.86. The Hall–Kier alpha value is -4.36. The molecule has 14 heteroatoms. The van der Waals surface area contributed by atoms with Gasteiger partial charge in [-0.1, -0.05) is 0 Å². The average molecular weight is 553 g/mol. The number of rotatable bonds is 9. The number of anilines is 1. The van der Waals surface area contributed by atoms with Crippen molar-refractivity contribution in [2.24, 2.45) is 0 Å². The van der Waals surface area contributed by atoms with E-state index in [0.717, 1.165) is 18.5 Å². The first-order valence-corrected chi connectivity index (χ1v) is 11.6. The van der Waals surface area contributed by atoms with Gasteiger partial charge in [-0.15, -0.1) is 0 Å². The minimum atomic E-state index is -4.87. The maximum atomic E-state index is 15.0. The second kappa shape index (κ2) is 11.2. The van der Waals surface area contributed by atoms with Crippen molar-refractivity contribution in [1.82, 2.24) is 19.7 Å². The van der Waals surface area contributed by atoms with E-state index < -0.39 is 47.0 Å². The molecule has 0 aliphatic heterocycles. The molecule has 0 spiro atoms. The minimum Gasteiger partial charge on any atom is -0.433 e. The Labute approximate surface area is 216 Å². The zero-order valence-electron chi connectivity index (χ0n) is 20.2. The first-order chi connectivity index (χ1) is 18.4. The molecule has 0 amide bonds. The van der Waals surface area contributed by atoms with Crippen molar-refractivity contribution in [2.45, 2.75) is 45.1 Å². The maximum Gasteiger partial charge on any atom is 0.423 e. The molecule has 4 aromatic rings. The molecule has 1 unspecified atom stereocenters. The molecule has 1 aromatic carbocycles. The Morgan fingerprint density at radius 2 is 1.90 bits per heavy atom. The second-order valence-corrected chi connectivity index (χ2v) is 8.67. The van der Waals surface area contributed by atoms with Gasteiger partial charge in [-0.2, -0.15) is 27.1 Å². The van der Waals surface area contributed by atoms with Crippen LogP contribution >= 0.6 is 0 Å². The van der Waals surface area contributed by atoms with E-state index in [4.69, 9.17) is 0 Å². The number of halogens is 6. The van der Waals surface area contributed by atoms with Crippen LogP contribution in [0.4, 0.5) is 32.0 Å². The number of ether oxygens (including phenoxy) is 1. The summed E-state index contributed by atoms with van der Waals surface area (Å²) in [6, 6.07) is 6.34. The third kappa shape index (κ3) is 6.38. The first kappa shape index (κ1) is 27.7. The molecule has 0 aliphatic carbocycles. The highest BCUT2D eigenvalue weighted by Gasteiger charge is 2.37. The summed E-state index contributed by atoms with van der Waals surface area (Å²) in [5.74, 6) is -0.953. The highest BCUT2D eigenvalue weighted by Crippen LogP contribution is 2.32. The lowest BCUT2D eigenvalue weighted by Gasteiger charge is -2.18. The van der Waals surface area contributed by atoms with E-state index in [-0.39, 0.29) is 23.4 Å². The van der Waals surface area contributed by atoms with Crippen LogP contribution in [0.5, 0.6) is 5.75 Å². The second-order valence-electron chi connectivity index (χ2n) is 8.67. The van der Waals surface area contributed by atoms with E-state index in [2.05, 4.69) is 20.1 Å². The van der Waals surface area contributed by atoms with E-state index in [1.54, 1.807) is 18.1 Å². The molecule has 4 rings (SSSR count). The van der Waals surface area contributed by atoms with Crippen molar-refractivity contribution >= 4 is 16.5 Å². The summed E-state index contributed by atoms with van der Waals surface area (Å²) in [7, 11) is 0. The zero-order valence-corrected chi connectivity index (χ0v) is 20.2. The van der Waals surface area contributed by atoms with Gasteiger partial charge in [0.2, 0.25) is 0 Å². The van der Waals surface area contributed by atoms with Crippen LogP contribution in [0.1, 0.15) is 25.3 Å². The molecule has 39 heavy (non-hydrogen) atoms. The number of pyridine rings is 2. The van der Waals surface area contributed by atoms with Crippen LogP contribution in [0.25, 0.3) is 22.0 Å². The highest BCUT2D eigenvalue weighted by atomic mass is 19.4. The van der Waals surface area contributed by atoms with Gasteiger partial charge in [0, 0.05) is 24.3 Å². The summed E-state index contributed by atoms with van der Waals surface area (Å²) in [6.07, 6.45) is -0.758. The fraction of sp³-hybridized carbons (Fsp3) is 0.280. The van der Waals surface area contributed by atoms with E-state index in [1.807, 2.05) is 0 Å². The number of H-pyrrole nitrogens is 1. The van der Waals surface area contributed by atoms with Crippen molar-refractivity contribution in [3.63, 3.8) is 0 Å². The molecule has 0 bridgehead atoms. The van der Waals surface area contributed by atoms with Gasteiger partial charge >= 0.3 is 12.8 Å². The van der Waals surface area contributed by atoms with Crippen LogP contribution in [0, 0.1) is 5.82 Å². The quantitative estimate of drug-likeness (QED) is 0.277. The van der Waals surface area contributed by atoms with Crippen LogP contribution in [0.3, 0.4) is 0 Å². The SMILES string of the molecule is CC(CCCn1ccc2cc(-c3ccc(OC(F)F)cn3)cc(F)c2c1=O)Nc1cn[nH]c(=O)c1C(F)(F)F. The number of aromatic amines is 1. The number of nitrogens with one attached hydrogen (secondary N) is 2. The molecule has 8 nitrogen and oxygen atoms in total. The normalized spacial score (nSPS) is 12.6. The Morgan fingerprint density at radius 3 is 2.56 bits per heavy atom. The molecular weight excluding hydrogens is 532 g/mol. The molecule has 0 radical (unpaired) electrons. The molecule has 1 atom stereocenters. The van der Waals surface area contributed by atoms with Crippen molar-refractivity contribution in [3.8, 4) is 17.0 Å². The van der Waals surface area contributed by atoms with E-state index in [9.17, 15) is 35.9 Å². The third-order valence-electron chi connectivity index (χ3n) is 5.86. The summed E-state index contributed by atoms with van der Waals surface area (Å²) < 4.78 is 84.9. The number of benzene rings is 1. The smallest absolute Gasteiger partial charge is 0.423 e. The lowest BCUT2D eigenvalue weighted by atomic mass is 10.0. The molecule has 0 saturated heterocycles. The number of fused-ring (bicyclic) bond motifs is 1. The van der Waals surface area contributed by atoms with E-state index in [0.29, 0.717) is 23.8 Å². The van der Waals surface area contributed by atoms with E-state index >= 15 is 0 Å². The Morgan fingerprint density at radius 1 is 1.13 bits per heavy atom. The summed E-state index contributed by atoms with van der Waals surface area (Å²) >= 11 is 0. The zero-order chi connectivity index (χ0) is 28.3. The highest BCUT2D eigenvalue weighted by molar-refractivity contribution is 5.86. The first-order valence-electron chi connectivity index (χ1n) is 11.6. The standard InChI is InChI=1S/C25H21F6N5O3/c1-13(34-19-12-33-35-22(37)21(19)25(29,30)31)3-2-7-36-8-6-14-9-15(10-17(26)20(14)23(36)38)18-5-4-16(11-32-18)39-24(27)28/h4-6,8-13,24H,2-3,7H2,1H3,(H2,34,35,37). The van der Waals surface area contributed by atoms with Gasteiger partial charge in [0.15, 0.2) is 0 Å². The van der Waals surface area contributed by atoms with Gasteiger partial charge in [0.05, 0.1) is 29.2 Å². The van der Waals surface area contributed by atoms with Crippen LogP contribution in [-0.2, 0) is 12.7 Å². The Bertz CT molecular complexity index is 1580. The molecule has 2 N–H and O–H groups in total. The van der Waals surface area contributed by atoms with Gasteiger partial charge in [-0.05, 0) is 55.5 Å². The number of aromatic nitrogens is 4. The molecule has 0 saturated carbocycles. The van der Waals surface area contributed by atoms with Gasteiger partial charge in [-0.25, -0.2) is 9.49 Å². The van der Waals surface area contributed by atoms with Gasteiger partial charge in [0.25, 0.3) is 11.1 Å². The minimum absolute atomic E-state index is 0.155. The monoisotopic (exact) mass is 553 g/mol. The molecular formula is C25H21F6N5O3. The van der Waals surface area contributed by atoms with Crippen LogP contribution in [0.15, 0.2) is 58.5 Å². The summed E-state index contributed by atoms with van der Waals surface area (Å²) in [5.41, 5.74) is -3.17. The molecule has 3 aromatic heterocycles. The topological polar surface area (TPSA) is 102 Å². The fourth-order valence-electron chi connectivity index (χ4n) is 4.11. The summed E-state index contributed by atoms with van der Waals surface area (Å²) in [5, 5.41) is 7.95. The van der Waals surface area contributed by atoms with Crippen molar-refractivity contribution < 1.29 is 31.1 Å². The number of hydrogen-bond acceptors (Lipinski definition) is 6. The summed E-state index contributed by atoms with van der Waals surface area (Å²) in [4.78, 5) is 28.5. The summed E-state index contributed by atoms with van der Waals surface area (Å²) in [6.45, 7) is -1.23. The van der Waals surface area contributed by atoms with Crippen molar-refractivity contribution in [3.05, 3.63) is 81.0 Å². The lowest BCUT2D eigenvalue weighted by Crippen LogP contribution is -2.27. The molecule has 0 fully saturated rings. The molecule has 206 valence electrons. The molecule has 3 heterocycles. The van der Waals surface area contributed by atoms with Gasteiger partial charge < -0.3 is 14.6 Å². The Kier molecular flexibility index (Phi) is 7.93. The molecule has 0 aliphatic rings. The maximum absolute atomic E-state index is 15.0. The van der Waals surface area contributed by atoms with Gasteiger partial charge in [-0.3, -0.25) is 14.6 Å². The van der Waals surface area contributed by atoms with Gasteiger partial charge in [0.1, 0.15) is 17.1 Å². The number of alkyl halides is 5. The van der Waals surface area contributed by atoms with Crippen LogP contribution in [-0.4, -0.2) is 32.4 Å².